The van der Waals surface area contributed by atoms with Crippen molar-refractivity contribution in [1.29, 1.82) is 0 Å². The zero-order valence-corrected chi connectivity index (χ0v) is 14.6. The summed E-state index contributed by atoms with van der Waals surface area (Å²) in [5.41, 5.74) is 2.22. The van der Waals surface area contributed by atoms with Gasteiger partial charge in [0.05, 0.1) is 11.9 Å². The van der Waals surface area contributed by atoms with Crippen molar-refractivity contribution in [3.63, 3.8) is 0 Å². The van der Waals surface area contributed by atoms with E-state index in [1.54, 1.807) is 30.5 Å². The van der Waals surface area contributed by atoms with Crippen LogP contribution < -0.4 is 10.2 Å². The third-order valence-corrected chi connectivity index (χ3v) is 3.99. The Hall–Kier alpha value is -2.85. The summed E-state index contributed by atoms with van der Waals surface area (Å²) in [6, 6.07) is 20.6. The number of para-hydroxylation sites is 1. The second-order valence-electron chi connectivity index (χ2n) is 5.45. The fraction of sp³-hybridized carbons (Fsp3) is 0.100. The summed E-state index contributed by atoms with van der Waals surface area (Å²) in [4.78, 5) is 18.8. The van der Waals surface area contributed by atoms with Gasteiger partial charge in [-0.25, -0.2) is 4.98 Å². The highest BCUT2D eigenvalue weighted by atomic mass is 35.5. The summed E-state index contributed by atoms with van der Waals surface area (Å²) < 4.78 is 0. The topological polar surface area (TPSA) is 45.2 Å². The van der Waals surface area contributed by atoms with Crippen LogP contribution in [0.1, 0.15) is 17.3 Å². The van der Waals surface area contributed by atoms with Crippen molar-refractivity contribution in [2.75, 3.05) is 16.8 Å². The van der Waals surface area contributed by atoms with E-state index in [1.165, 1.54) is 0 Å². The van der Waals surface area contributed by atoms with Crippen LogP contribution >= 0.6 is 11.6 Å². The smallest absolute Gasteiger partial charge is 0.255 e. The van der Waals surface area contributed by atoms with Crippen LogP contribution in [0.3, 0.4) is 0 Å². The summed E-state index contributed by atoms with van der Waals surface area (Å²) in [6.45, 7) is 2.87. The molecule has 0 aliphatic rings. The highest BCUT2D eigenvalue weighted by molar-refractivity contribution is 6.31. The van der Waals surface area contributed by atoms with Crippen molar-refractivity contribution in [2.45, 2.75) is 6.92 Å². The number of hydrogen-bond donors (Lipinski definition) is 1. The third-order valence-electron chi connectivity index (χ3n) is 3.75. The molecule has 0 saturated carbocycles. The Bertz CT molecular complexity index is 850. The Balaban J connectivity index is 1.75. The zero-order chi connectivity index (χ0) is 17.6. The Morgan fingerprint density at radius 1 is 1.08 bits per heavy atom. The molecule has 0 saturated heterocycles. The van der Waals surface area contributed by atoms with Crippen LogP contribution in [0, 0.1) is 0 Å². The van der Waals surface area contributed by atoms with E-state index in [4.69, 9.17) is 11.6 Å². The number of amides is 1. The Labute approximate surface area is 152 Å². The first-order chi connectivity index (χ1) is 12.2. The second-order valence-corrected chi connectivity index (χ2v) is 5.89. The number of hydrogen-bond acceptors (Lipinski definition) is 3. The van der Waals surface area contributed by atoms with Gasteiger partial charge in [-0.15, -0.1) is 0 Å². The van der Waals surface area contributed by atoms with Gasteiger partial charge in [-0.2, -0.15) is 0 Å². The van der Waals surface area contributed by atoms with Gasteiger partial charge in [0.1, 0.15) is 5.82 Å². The molecule has 3 rings (SSSR count). The minimum Gasteiger partial charge on any atom is -0.327 e. The zero-order valence-electron chi connectivity index (χ0n) is 13.8. The van der Waals surface area contributed by atoms with Gasteiger partial charge in [0.15, 0.2) is 0 Å². The van der Waals surface area contributed by atoms with E-state index >= 15 is 0 Å². The Kier molecular flexibility index (Phi) is 5.31. The van der Waals surface area contributed by atoms with Gasteiger partial charge in [-0.05, 0) is 49.4 Å². The number of benzene rings is 2. The molecule has 0 bridgehead atoms. The number of carbonyl (C=O) groups excluding carboxylic acids is 1. The molecule has 4 nitrogen and oxygen atoms in total. The Morgan fingerprint density at radius 2 is 1.88 bits per heavy atom. The van der Waals surface area contributed by atoms with E-state index in [1.807, 2.05) is 42.5 Å². The number of halogens is 1. The van der Waals surface area contributed by atoms with E-state index in [0.717, 1.165) is 18.1 Å². The predicted molar refractivity (Wildman–Crippen MR) is 103 cm³/mol. The maximum absolute atomic E-state index is 12.3. The minimum absolute atomic E-state index is 0.215. The van der Waals surface area contributed by atoms with Gasteiger partial charge in [-0.3, -0.25) is 4.79 Å². The first-order valence-electron chi connectivity index (χ1n) is 8.03. The average Bonchev–Trinajstić information content (AvgIpc) is 2.64. The molecule has 0 spiro atoms. The molecule has 25 heavy (non-hydrogen) atoms. The molecule has 0 fully saturated rings. The molecule has 1 N–H and O–H groups in total. The number of rotatable bonds is 5. The quantitative estimate of drug-likeness (QED) is 0.691. The van der Waals surface area contributed by atoms with Crippen molar-refractivity contribution >= 4 is 34.7 Å². The normalized spacial score (nSPS) is 10.3. The summed E-state index contributed by atoms with van der Waals surface area (Å²) >= 11 is 5.92. The van der Waals surface area contributed by atoms with Crippen molar-refractivity contribution < 1.29 is 4.79 Å². The molecule has 0 atom stereocenters. The van der Waals surface area contributed by atoms with Crippen LogP contribution in [-0.4, -0.2) is 17.4 Å². The highest BCUT2D eigenvalue weighted by Gasteiger charge is 2.10. The van der Waals surface area contributed by atoms with E-state index < -0.39 is 0 Å². The molecule has 0 aliphatic heterocycles. The molecule has 1 aromatic heterocycles. The number of nitrogens with zero attached hydrogens (tertiary/aromatic N) is 2. The predicted octanol–water partition coefficient (Wildman–Crippen LogP) is 5.15. The molecule has 0 unspecified atom stereocenters. The van der Waals surface area contributed by atoms with Crippen molar-refractivity contribution in [3.8, 4) is 0 Å². The fourth-order valence-corrected chi connectivity index (χ4v) is 2.73. The van der Waals surface area contributed by atoms with Crippen LogP contribution in [0.4, 0.5) is 17.2 Å². The SMILES string of the molecule is CCN(c1ccccc1)c1ccc(NC(=O)c2cccc(Cl)c2)cn1. The number of aromatic nitrogens is 1. The highest BCUT2D eigenvalue weighted by Crippen LogP contribution is 2.24. The maximum atomic E-state index is 12.3. The van der Waals surface area contributed by atoms with Gasteiger partial charge in [0.25, 0.3) is 5.91 Å². The molecule has 5 heteroatoms. The van der Waals surface area contributed by atoms with Crippen LogP contribution in [0.15, 0.2) is 72.9 Å². The lowest BCUT2D eigenvalue weighted by Gasteiger charge is -2.22. The lowest BCUT2D eigenvalue weighted by atomic mass is 10.2. The van der Waals surface area contributed by atoms with Crippen LogP contribution in [0.2, 0.25) is 5.02 Å². The fourth-order valence-electron chi connectivity index (χ4n) is 2.54. The molecule has 2 aromatic carbocycles. The summed E-state index contributed by atoms with van der Waals surface area (Å²) in [5, 5.41) is 3.36. The standard InChI is InChI=1S/C20H18ClN3O/c1-2-24(18-9-4-3-5-10-18)19-12-11-17(14-22-19)23-20(25)15-7-6-8-16(21)13-15/h3-14H,2H2,1H3,(H,23,25). The number of carbonyl (C=O) groups is 1. The van der Waals surface area contributed by atoms with Crippen molar-refractivity contribution in [3.05, 3.63) is 83.5 Å². The minimum atomic E-state index is -0.215. The number of nitrogens with one attached hydrogen (secondary N) is 1. The molecule has 0 aliphatic carbocycles. The van der Waals surface area contributed by atoms with E-state index in [-0.39, 0.29) is 5.91 Å². The maximum Gasteiger partial charge on any atom is 0.255 e. The average molecular weight is 352 g/mol. The van der Waals surface area contributed by atoms with E-state index in [0.29, 0.717) is 16.3 Å². The van der Waals surface area contributed by atoms with Crippen LogP contribution in [0.5, 0.6) is 0 Å². The van der Waals surface area contributed by atoms with Gasteiger partial charge >= 0.3 is 0 Å². The van der Waals surface area contributed by atoms with E-state index in [9.17, 15) is 4.79 Å². The first kappa shape index (κ1) is 17.0. The second kappa shape index (κ2) is 7.81. The summed E-state index contributed by atoms with van der Waals surface area (Å²) in [5.74, 6) is 0.613. The molecule has 1 heterocycles. The number of anilines is 3. The molecule has 1 amide bonds. The van der Waals surface area contributed by atoms with Gasteiger partial charge < -0.3 is 10.2 Å². The molecular formula is C20H18ClN3O. The first-order valence-corrected chi connectivity index (χ1v) is 8.40. The molecule has 3 aromatic rings. The monoisotopic (exact) mass is 351 g/mol. The van der Waals surface area contributed by atoms with Crippen LogP contribution in [-0.2, 0) is 0 Å². The van der Waals surface area contributed by atoms with Gasteiger partial charge in [0.2, 0.25) is 0 Å². The lowest BCUT2D eigenvalue weighted by Crippen LogP contribution is -2.17. The van der Waals surface area contributed by atoms with Crippen LogP contribution in [0.25, 0.3) is 0 Å². The van der Waals surface area contributed by atoms with Crippen molar-refractivity contribution in [2.24, 2.45) is 0 Å². The molecular weight excluding hydrogens is 334 g/mol. The van der Waals surface area contributed by atoms with E-state index in [2.05, 4.69) is 22.1 Å². The number of pyridine rings is 1. The summed E-state index contributed by atoms with van der Waals surface area (Å²) in [7, 11) is 0. The Morgan fingerprint density at radius 3 is 2.52 bits per heavy atom. The lowest BCUT2D eigenvalue weighted by molar-refractivity contribution is 0.102. The van der Waals surface area contributed by atoms with Crippen molar-refractivity contribution in [1.82, 2.24) is 4.98 Å². The largest absolute Gasteiger partial charge is 0.327 e. The summed E-state index contributed by atoms with van der Waals surface area (Å²) in [6.07, 6.45) is 1.66. The van der Waals surface area contributed by atoms with Gasteiger partial charge in [-0.1, -0.05) is 35.9 Å². The third kappa shape index (κ3) is 4.17. The molecule has 126 valence electrons. The van der Waals surface area contributed by atoms with Gasteiger partial charge in [0, 0.05) is 22.8 Å². The molecule has 0 radical (unpaired) electrons.